The minimum absolute atomic E-state index is 0.303. The summed E-state index contributed by atoms with van der Waals surface area (Å²) in [6.07, 6.45) is 1.06. The summed E-state index contributed by atoms with van der Waals surface area (Å²) in [5, 5.41) is 7.95. The van der Waals surface area contributed by atoms with Crippen molar-refractivity contribution in [2.45, 2.75) is 26.3 Å². The van der Waals surface area contributed by atoms with Gasteiger partial charge in [-0.3, -0.25) is 0 Å². The Kier molecular flexibility index (Phi) is 3.92. The largest absolute Gasteiger partial charge is 0.493 e. The smallest absolute Gasteiger partial charge is 0.119 e. The third kappa shape index (κ3) is 2.80. The van der Waals surface area contributed by atoms with E-state index >= 15 is 0 Å². The summed E-state index contributed by atoms with van der Waals surface area (Å²) < 4.78 is 5.73. The van der Waals surface area contributed by atoms with Crippen LogP contribution in [0.25, 0.3) is 0 Å². The fourth-order valence-corrected chi connectivity index (χ4v) is 2.81. The Balaban J connectivity index is 1.66. The predicted octanol–water partition coefficient (Wildman–Crippen LogP) is 2.33. The van der Waals surface area contributed by atoms with Gasteiger partial charge in [0.2, 0.25) is 0 Å². The van der Waals surface area contributed by atoms with Crippen LogP contribution in [0.1, 0.15) is 31.9 Å². The molecule has 4 heteroatoms. The predicted molar refractivity (Wildman–Crippen MR) is 81.1 cm³/mol. The lowest BCUT2D eigenvalue weighted by molar-refractivity contribution is 0.271. The maximum atomic E-state index is 5.73. The molecular formula is C16H23N3O. The van der Waals surface area contributed by atoms with Gasteiger partial charge in [0.25, 0.3) is 0 Å². The molecule has 0 radical (unpaired) electrons. The average Bonchev–Trinajstić information content (AvgIpc) is 2.89. The maximum Gasteiger partial charge on any atom is 0.119 e. The number of hydrogen-bond acceptors (Lipinski definition) is 4. The normalized spacial score (nSPS) is 25.1. The van der Waals surface area contributed by atoms with E-state index in [9.17, 15) is 0 Å². The lowest BCUT2D eigenvalue weighted by Gasteiger charge is -2.25. The van der Waals surface area contributed by atoms with Crippen molar-refractivity contribution in [3.8, 4) is 5.75 Å². The van der Waals surface area contributed by atoms with Crippen molar-refractivity contribution in [2.24, 2.45) is 16.9 Å². The SMILES string of the molecule is CC(C)COc1ccc(C2NN=C3CCNCC32)cc1. The maximum absolute atomic E-state index is 5.73. The average molecular weight is 273 g/mol. The van der Waals surface area contributed by atoms with Crippen molar-refractivity contribution in [2.75, 3.05) is 19.7 Å². The van der Waals surface area contributed by atoms with Crippen molar-refractivity contribution in [3.63, 3.8) is 0 Å². The molecule has 0 aliphatic carbocycles. The van der Waals surface area contributed by atoms with Crippen molar-refractivity contribution >= 4 is 5.71 Å². The number of nitrogens with one attached hydrogen (secondary N) is 2. The van der Waals surface area contributed by atoms with Gasteiger partial charge in [-0.05, 0) is 23.6 Å². The Hall–Kier alpha value is -1.55. The van der Waals surface area contributed by atoms with Crippen LogP contribution in [-0.2, 0) is 0 Å². The van der Waals surface area contributed by atoms with Gasteiger partial charge in [-0.2, -0.15) is 5.10 Å². The molecule has 0 spiro atoms. The van der Waals surface area contributed by atoms with Crippen molar-refractivity contribution in [3.05, 3.63) is 29.8 Å². The molecule has 1 aromatic carbocycles. The Bertz CT molecular complexity index is 481. The highest BCUT2D eigenvalue weighted by Crippen LogP contribution is 2.31. The zero-order valence-corrected chi connectivity index (χ0v) is 12.2. The molecule has 1 aromatic rings. The van der Waals surface area contributed by atoms with E-state index in [0.29, 0.717) is 17.9 Å². The first-order valence-electron chi connectivity index (χ1n) is 7.49. The molecule has 0 amide bonds. The van der Waals surface area contributed by atoms with Gasteiger partial charge >= 0.3 is 0 Å². The standard InChI is InChI=1S/C16H23N3O/c1-11(2)10-20-13-5-3-12(4-6-13)16-14-9-17-8-7-15(14)18-19-16/h3-6,11,14,16-17,19H,7-10H2,1-2H3. The first kappa shape index (κ1) is 13.4. The topological polar surface area (TPSA) is 45.6 Å². The molecule has 2 atom stereocenters. The number of benzene rings is 1. The summed E-state index contributed by atoms with van der Waals surface area (Å²) in [5.41, 5.74) is 5.89. The van der Waals surface area contributed by atoms with Crippen molar-refractivity contribution in [1.29, 1.82) is 0 Å². The molecule has 2 aliphatic heterocycles. The van der Waals surface area contributed by atoms with Crippen molar-refractivity contribution < 1.29 is 4.74 Å². The zero-order valence-electron chi connectivity index (χ0n) is 12.2. The summed E-state index contributed by atoms with van der Waals surface area (Å²) in [7, 11) is 0. The third-order valence-electron chi connectivity index (χ3n) is 3.92. The van der Waals surface area contributed by atoms with Gasteiger partial charge in [-0.25, -0.2) is 0 Å². The Morgan fingerprint density at radius 2 is 2.10 bits per heavy atom. The van der Waals surface area contributed by atoms with E-state index in [0.717, 1.165) is 31.9 Å². The minimum atomic E-state index is 0.303. The van der Waals surface area contributed by atoms with Crippen LogP contribution in [0, 0.1) is 11.8 Å². The van der Waals surface area contributed by atoms with Crippen LogP contribution in [0.5, 0.6) is 5.75 Å². The van der Waals surface area contributed by atoms with Crippen LogP contribution in [0.3, 0.4) is 0 Å². The number of hydrogen-bond donors (Lipinski definition) is 2. The molecule has 2 unspecified atom stereocenters. The van der Waals surface area contributed by atoms with Crippen LogP contribution < -0.4 is 15.5 Å². The molecule has 2 aliphatic rings. The summed E-state index contributed by atoms with van der Waals surface area (Å²) in [4.78, 5) is 0. The lowest BCUT2D eigenvalue weighted by atomic mass is 9.87. The van der Waals surface area contributed by atoms with Gasteiger partial charge in [0.05, 0.1) is 12.6 Å². The van der Waals surface area contributed by atoms with Crippen LogP contribution in [0.15, 0.2) is 29.4 Å². The van der Waals surface area contributed by atoms with E-state index in [2.05, 4.69) is 54.0 Å². The first-order valence-corrected chi connectivity index (χ1v) is 7.49. The molecule has 20 heavy (non-hydrogen) atoms. The van der Waals surface area contributed by atoms with E-state index in [1.807, 2.05) is 0 Å². The highest BCUT2D eigenvalue weighted by molar-refractivity contribution is 5.89. The molecule has 0 bridgehead atoms. The number of fused-ring (bicyclic) bond motifs is 1. The van der Waals surface area contributed by atoms with Gasteiger partial charge in [-0.15, -0.1) is 0 Å². The second-order valence-electron chi connectivity index (χ2n) is 6.04. The molecule has 0 aromatic heterocycles. The number of ether oxygens (including phenoxy) is 1. The molecule has 3 rings (SSSR count). The van der Waals surface area contributed by atoms with Gasteiger partial charge in [0.1, 0.15) is 5.75 Å². The van der Waals surface area contributed by atoms with Gasteiger partial charge in [0, 0.05) is 31.1 Å². The lowest BCUT2D eigenvalue weighted by Crippen LogP contribution is -2.38. The fraction of sp³-hybridized carbons (Fsp3) is 0.562. The molecule has 4 nitrogen and oxygen atoms in total. The molecule has 1 fully saturated rings. The summed E-state index contributed by atoms with van der Waals surface area (Å²) in [6, 6.07) is 8.74. The summed E-state index contributed by atoms with van der Waals surface area (Å²) >= 11 is 0. The zero-order chi connectivity index (χ0) is 13.9. The molecule has 0 saturated carbocycles. The van der Waals surface area contributed by atoms with E-state index in [-0.39, 0.29) is 0 Å². The van der Waals surface area contributed by atoms with Gasteiger partial charge < -0.3 is 15.5 Å². The van der Waals surface area contributed by atoms with E-state index in [1.165, 1.54) is 11.3 Å². The minimum Gasteiger partial charge on any atom is -0.493 e. The molecule has 1 saturated heterocycles. The van der Waals surface area contributed by atoms with E-state index in [4.69, 9.17) is 4.74 Å². The summed E-state index contributed by atoms with van der Waals surface area (Å²) in [5.74, 6) is 1.99. The highest BCUT2D eigenvalue weighted by Gasteiger charge is 2.34. The summed E-state index contributed by atoms with van der Waals surface area (Å²) in [6.45, 7) is 7.15. The number of hydrazone groups is 1. The molecule has 108 valence electrons. The van der Waals surface area contributed by atoms with Crippen molar-refractivity contribution in [1.82, 2.24) is 10.7 Å². The Morgan fingerprint density at radius 3 is 2.85 bits per heavy atom. The fourth-order valence-electron chi connectivity index (χ4n) is 2.81. The van der Waals surface area contributed by atoms with Gasteiger partial charge in [-0.1, -0.05) is 26.0 Å². The first-order chi connectivity index (χ1) is 9.74. The number of piperidine rings is 1. The van der Waals surface area contributed by atoms with E-state index in [1.54, 1.807) is 0 Å². The van der Waals surface area contributed by atoms with E-state index < -0.39 is 0 Å². The number of rotatable bonds is 4. The second kappa shape index (κ2) is 5.83. The molecule has 2 N–H and O–H groups in total. The van der Waals surface area contributed by atoms with Gasteiger partial charge in [0.15, 0.2) is 0 Å². The second-order valence-corrected chi connectivity index (χ2v) is 6.04. The Labute approximate surface area is 120 Å². The highest BCUT2D eigenvalue weighted by atomic mass is 16.5. The Morgan fingerprint density at radius 1 is 1.30 bits per heavy atom. The monoisotopic (exact) mass is 273 g/mol. The van der Waals surface area contributed by atoms with Crippen LogP contribution >= 0.6 is 0 Å². The van der Waals surface area contributed by atoms with Crippen LogP contribution in [-0.4, -0.2) is 25.4 Å². The third-order valence-corrected chi connectivity index (χ3v) is 3.92. The quantitative estimate of drug-likeness (QED) is 0.885. The van der Waals surface area contributed by atoms with Crippen LogP contribution in [0.2, 0.25) is 0 Å². The number of nitrogens with zero attached hydrogens (tertiary/aromatic N) is 1. The van der Waals surface area contributed by atoms with Crippen LogP contribution in [0.4, 0.5) is 0 Å². The molecule has 2 heterocycles. The molecular weight excluding hydrogens is 250 g/mol.